The van der Waals surface area contributed by atoms with E-state index in [1.165, 1.54) is 12.1 Å². The van der Waals surface area contributed by atoms with E-state index in [0.717, 1.165) is 5.69 Å². The first-order valence-electron chi connectivity index (χ1n) is 7.77. The summed E-state index contributed by atoms with van der Waals surface area (Å²) in [6.07, 6.45) is -0.222. The SMILES string of the molecule is Cc1cc(-c2nnc(NC(=O)CCS(=O)(=O)c3ccccc3)o2)n(C)n1. The van der Waals surface area contributed by atoms with Gasteiger partial charge in [-0.3, -0.25) is 14.8 Å². The summed E-state index contributed by atoms with van der Waals surface area (Å²) < 4.78 is 31.3. The smallest absolute Gasteiger partial charge is 0.322 e. The van der Waals surface area contributed by atoms with Crippen LogP contribution in [0.25, 0.3) is 11.6 Å². The van der Waals surface area contributed by atoms with Crippen molar-refractivity contribution in [2.75, 3.05) is 11.1 Å². The zero-order valence-corrected chi connectivity index (χ0v) is 15.0. The highest BCUT2D eigenvalue weighted by molar-refractivity contribution is 7.91. The summed E-state index contributed by atoms with van der Waals surface area (Å²) in [5, 5.41) is 14.2. The van der Waals surface area contributed by atoms with Crippen LogP contribution in [0.1, 0.15) is 12.1 Å². The second-order valence-electron chi connectivity index (χ2n) is 5.64. The monoisotopic (exact) mass is 375 g/mol. The van der Waals surface area contributed by atoms with E-state index in [9.17, 15) is 13.2 Å². The lowest BCUT2D eigenvalue weighted by Gasteiger charge is -2.03. The Morgan fingerprint density at radius 1 is 1.23 bits per heavy atom. The Morgan fingerprint density at radius 3 is 2.62 bits per heavy atom. The molecule has 9 nitrogen and oxygen atoms in total. The van der Waals surface area contributed by atoms with Gasteiger partial charge in [0.2, 0.25) is 5.91 Å². The molecule has 0 unspecified atom stereocenters. The molecule has 0 fully saturated rings. The van der Waals surface area contributed by atoms with Crippen molar-refractivity contribution in [3.8, 4) is 11.6 Å². The van der Waals surface area contributed by atoms with E-state index in [4.69, 9.17) is 4.42 Å². The fourth-order valence-electron chi connectivity index (χ4n) is 2.34. The average molecular weight is 375 g/mol. The van der Waals surface area contributed by atoms with E-state index in [1.807, 2.05) is 6.92 Å². The van der Waals surface area contributed by atoms with Gasteiger partial charge in [-0.2, -0.15) is 5.10 Å². The van der Waals surface area contributed by atoms with Gasteiger partial charge in [-0.05, 0) is 25.1 Å². The Balaban J connectivity index is 1.62. The van der Waals surface area contributed by atoms with Crippen LogP contribution in [0.15, 0.2) is 45.7 Å². The number of hydrogen-bond acceptors (Lipinski definition) is 7. The molecule has 10 heteroatoms. The lowest BCUT2D eigenvalue weighted by atomic mass is 10.4. The number of aryl methyl sites for hydroxylation is 2. The number of benzene rings is 1. The molecule has 3 aromatic rings. The van der Waals surface area contributed by atoms with E-state index < -0.39 is 15.7 Å². The molecule has 0 bridgehead atoms. The molecule has 0 aliphatic rings. The van der Waals surface area contributed by atoms with Crippen LogP contribution in [0.5, 0.6) is 0 Å². The zero-order chi connectivity index (χ0) is 18.7. The third kappa shape index (κ3) is 3.97. The maximum absolute atomic E-state index is 12.2. The molecule has 1 amide bonds. The van der Waals surface area contributed by atoms with Gasteiger partial charge >= 0.3 is 6.01 Å². The second kappa shape index (κ2) is 7.08. The van der Waals surface area contributed by atoms with Crippen molar-refractivity contribution < 1.29 is 17.6 Å². The topological polar surface area (TPSA) is 120 Å². The van der Waals surface area contributed by atoms with Crippen LogP contribution in [0, 0.1) is 6.92 Å². The molecule has 3 rings (SSSR count). The zero-order valence-electron chi connectivity index (χ0n) is 14.2. The van der Waals surface area contributed by atoms with Crippen molar-refractivity contribution >= 4 is 21.8 Å². The average Bonchev–Trinajstić information content (AvgIpc) is 3.19. The third-order valence-corrected chi connectivity index (χ3v) is 5.32. The summed E-state index contributed by atoms with van der Waals surface area (Å²) >= 11 is 0. The van der Waals surface area contributed by atoms with Crippen molar-refractivity contribution in [2.24, 2.45) is 7.05 Å². The number of nitrogens with zero attached hydrogens (tertiary/aromatic N) is 4. The van der Waals surface area contributed by atoms with Gasteiger partial charge in [-0.1, -0.05) is 23.3 Å². The molecule has 1 aromatic carbocycles. The van der Waals surface area contributed by atoms with Crippen LogP contribution in [0.2, 0.25) is 0 Å². The quantitative estimate of drug-likeness (QED) is 0.694. The van der Waals surface area contributed by atoms with E-state index >= 15 is 0 Å². The number of aromatic nitrogens is 4. The van der Waals surface area contributed by atoms with Crippen molar-refractivity contribution in [3.63, 3.8) is 0 Å². The van der Waals surface area contributed by atoms with Crippen LogP contribution < -0.4 is 5.32 Å². The van der Waals surface area contributed by atoms with E-state index in [0.29, 0.717) is 5.69 Å². The molecule has 0 aliphatic carbocycles. The first kappa shape index (κ1) is 17.8. The summed E-state index contributed by atoms with van der Waals surface area (Å²) in [5.41, 5.74) is 1.40. The van der Waals surface area contributed by atoms with E-state index in [-0.39, 0.29) is 29.0 Å². The Kier molecular flexibility index (Phi) is 4.85. The molecule has 136 valence electrons. The molecule has 2 heterocycles. The number of hydrogen-bond donors (Lipinski definition) is 1. The highest BCUT2D eigenvalue weighted by Gasteiger charge is 2.18. The van der Waals surface area contributed by atoms with Crippen LogP contribution in [0.4, 0.5) is 6.01 Å². The maximum atomic E-state index is 12.2. The molecule has 2 aromatic heterocycles. The third-order valence-electron chi connectivity index (χ3n) is 3.59. The molecule has 0 radical (unpaired) electrons. The van der Waals surface area contributed by atoms with Crippen LogP contribution in [-0.4, -0.2) is 40.1 Å². The van der Waals surface area contributed by atoms with Gasteiger partial charge in [-0.15, -0.1) is 5.10 Å². The minimum Gasteiger partial charge on any atom is -0.401 e. The van der Waals surface area contributed by atoms with Crippen molar-refractivity contribution in [1.29, 1.82) is 0 Å². The number of nitrogens with one attached hydrogen (secondary N) is 1. The van der Waals surface area contributed by atoms with Gasteiger partial charge in [-0.25, -0.2) is 8.42 Å². The standard InChI is InChI=1S/C16H17N5O4S/c1-11-10-13(21(2)20-11)15-18-19-16(25-15)17-14(22)8-9-26(23,24)12-6-4-3-5-7-12/h3-7,10H,8-9H2,1-2H3,(H,17,19,22). The normalized spacial score (nSPS) is 11.5. The summed E-state index contributed by atoms with van der Waals surface area (Å²) in [6, 6.07) is 9.65. The van der Waals surface area contributed by atoms with Gasteiger partial charge in [0, 0.05) is 13.5 Å². The fourth-order valence-corrected chi connectivity index (χ4v) is 3.60. The lowest BCUT2D eigenvalue weighted by molar-refractivity contribution is -0.115. The molecule has 0 atom stereocenters. The second-order valence-corrected chi connectivity index (χ2v) is 7.75. The van der Waals surface area contributed by atoms with Crippen LogP contribution >= 0.6 is 0 Å². The number of carbonyl (C=O) groups excluding carboxylic acids is 1. The summed E-state index contributed by atoms with van der Waals surface area (Å²) in [7, 11) is -1.79. The Hall–Kier alpha value is -3.01. The molecular formula is C16H17N5O4S. The minimum absolute atomic E-state index is 0.0963. The number of carbonyl (C=O) groups is 1. The highest BCUT2D eigenvalue weighted by Crippen LogP contribution is 2.20. The number of sulfone groups is 1. The van der Waals surface area contributed by atoms with Crippen LogP contribution in [0.3, 0.4) is 0 Å². The Bertz CT molecular complexity index is 1020. The van der Waals surface area contributed by atoms with Crippen molar-refractivity contribution in [3.05, 3.63) is 42.1 Å². The molecule has 1 N–H and O–H groups in total. The predicted octanol–water partition coefficient (Wildman–Crippen LogP) is 1.58. The summed E-state index contributed by atoms with van der Waals surface area (Å²) in [4.78, 5) is 12.2. The van der Waals surface area contributed by atoms with Gasteiger partial charge in [0.25, 0.3) is 5.89 Å². The van der Waals surface area contributed by atoms with Crippen molar-refractivity contribution in [1.82, 2.24) is 20.0 Å². The van der Waals surface area contributed by atoms with Gasteiger partial charge in [0.15, 0.2) is 9.84 Å². The van der Waals surface area contributed by atoms with Gasteiger partial charge in [0.1, 0.15) is 5.69 Å². The number of rotatable bonds is 6. The summed E-state index contributed by atoms with van der Waals surface area (Å²) in [6.45, 7) is 1.83. The molecule has 0 spiro atoms. The highest BCUT2D eigenvalue weighted by atomic mass is 32.2. The molecule has 0 aliphatic heterocycles. The van der Waals surface area contributed by atoms with E-state index in [2.05, 4.69) is 20.6 Å². The van der Waals surface area contributed by atoms with Crippen LogP contribution in [-0.2, 0) is 21.7 Å². The first-order valence-corrected chi connectivity index (χ1v) is 9.42. The van der Waals surface area contributed by atoms with Gasteiger partial charge < -0.3 is 4.42 Å². The summed E-state index contributed by atoms with van der Waals surface area (Å²) in [5.74, 6) is -0.633. The first-order chi connectivity index (χ1) is 12.3. The molecule has 26 heavy (non-hydrogen) atoms. The Labute approximate surface area is 150 Å². The number of anilines is 1. The molecular weight excluding hydrogens is 358 g/mol. The lowest BCUT2D eigenvalue weighted by Crippen LogP contribution is -2.17. The number of amides is 1. The predicted molar refractivity (Wildman–Crippen MR) is 93.0 cm³/mol. The van der Waals surface area contributed by atoms with Gasteiger partial charge in [0.05, 0.1) is 16.3 Å². The maximum Gasteiger partial charge on any atom is 0.322 e. The molecule has 0 saturated carbocycles. The minimum atomic E-state index is -3.53. The van der Waals surface area contributed by atoms with E-state index in [1.54, 1.807) is 36.0 Å². The molecule has 0 saturated heterocycles. The largest absolute Gasteiger partial charge is 0.401 e. The van der Waals surface area contributed by atoms with Crippen molar-refractivity contribution in [2.45, 2.75) is 18.2 Å². The Morgan fingerprint density at radius 2 is 1.96 bits per heavy atom. The fraction of sp³-hybridized carbons (Fsp3) is 0.250.